The van der Waals surface area contributed by atoms with Gasteiger partial charge in [0, 0.05) is 18.0 Å². The van der Waals surface area contributed by atoms with Crippen LogP contribution in [-0.4, -0.2) is 54.6 Å². The number of thiophene rings is 1. The lowest BCUT2D eigenvalue weighted by atomic mass is 10.2. The van der Waals surface area contributed by atoms with Crippen molar-refractivity contribution in [3.8, 4) is 0 Å². The van der Waals surface area contributed by atoms with Gasteiger partial charge in [-0.05, 0) is 0 Å². The summed E-state index contributed by atoms with van der Waals surface area (Å²) in [6.45, 7) is 0.609. The first-order valence-electron chi connectivity index (χ1n) is 5.74. The number of nitrogens with zero attached hydrogens (tertiary/aromatic N) is 2. The summed E-state index contributed by atoms with van der Waals surface area (Å²) in [5.41, 5.74) is 0.192. The molecule has 9 heteroatoms. The van der Waals surface area contributed by atoms with E-state index < -0.39 is 22.8 Å². The van der Waals surface area contributed by atoms with Gasteiger partial charge in [0.25, 0.3) is 5.91 Å². The molecule has 0 radical (unpaired) electrons. The molecule has 0 aliphatic carbocycles. The van der Waals surface area contributed by atoms with Gasteiger partial charge in [-0.2, -0.15) is 0 Å². The first-order valence-corrected chi connectivity index (χ1v) is 6.62. The average molecular weight is 300 g/mol. The quantitative estimate of drug-likeness (QED) is 0.462. The minimum Gasteiger partial charge on any atom is -0.467 e. The number of ether oxygens (including phenoxy) is 2. The highest BCUT2D eigenvalue weighted by atomic mass is 32.1. The molecule has 0 N–H and O–H groups in total. The predicted octanol–water partition coefficient (Wildman–Crippen LogP) is 0.670. The van der Waals surface area contributed by atoms with Gasteiger partial charge in [-0.15, -0.1) is 0 Å². The fraction of sp³-hybridized carbons (Fsp3) is 0.455. The first-order chi connectivity index (χ1) is 9.54. The number of nitro groups is 1. The Morgan fingerprint density at radius 1 is 1.60 bits per heavy atom. The summed E-state index contributed by atoms with van der Waals surface area (Å²) in [6, 6.07) is 0.386. The molecule has 1 aromatic heterocycles. The van der Waals surface area contributed by atoms with Crippen LogP contribution in [0, 0.1) is 10.1 Å². The molecule has 1 aliphatic heterocycles. The molecule has 1 saturated heterocycles. The topological polar surface area (TPSA) is 99.0 Å². The average Bonchev–Trinajstić information content (AvgIpc) is 2.95. The molecule has 1 unspecified atom stereocenters. The summed E-state index contributed by atoms with van der Waals surface area (Å²) in [7, 11) is 1.23. The van der Waals surface area contributed by atoms with Crippen molar-refractivity contribution < 1.29 is 24.0 Å². The normalized spacial score (nSPS) is 18.6. The standard InChI is InChI=1S/C11H12N2O6S/c1-18-11(15)8-5-19-3-2-12(8)10(14)7-4-9(13(16)17)20-6-7/h4,6,8H,2-3,5H2,1H3. The van der Waals surface area contributed by atoms with Crippen LogP contribution in [0.5, 0.6) is 0 Å². The molecule has 0 aromatic carbocycles. The lowest BCUT2D eigenvalue weighted by Crippen LogP contribution is -2.52. The minimum atomic E-state index is -0.819. The van der Waals surface area contributed by atoms with E-state index in [1.165, 1.54) is 23.5 Å². The van der Waals surface area contributed by atoms with Crippen molar-refractivity contribution in [1.82, 2.24) is 4.90 Å². The van der Waals surface area contributed by atoms with E-state index in [0.29, 0.717) is 6.61 Å². The number of methoxy groups -OCH3 is 1. The van der Waals surface area contributed by atoms with Gasteiger partial charge in [-0.3, -0.25) is 14.9 Å². The van der Waals surface area contributed by atoms with Gasteiger partial charge in [0.2, 0.25) is 0 Å². The van der Waals surface area contributed by atoms with Crippen molar-refractivity contribution in [3.05, 3.63) is 27.1 Å². The Balaban J connectivity index is 2.20. The lowest BCUT2D eigenvalue weighted by molar-refractivity contribution is -0.380. The van der Waals surface area contributed by atoms with E-state index in [4.69, 9.17) is 4.74 Å². The second kappa shape index (κ2) is 5.97. The SMILES string of the molecule is COC(=O)C1COCCN1C(=O)c1csc([N+](=O)[O-])c1. The maximum absolute atomic E-state index is 12.3. The first kappa shape index (κ1) is 14.4. The van der Waals surface area contributed by atoms with E-state index in [0.717, 1.165) is 11.3 Å². The van der Waals surface area contributed by atoms with E-state index in [1.54, 1.807) is 0 Å². The van der Waals surface area contributed by atoms with E-state index in [-0.39, 0.29) is 23.7 Å². The molecule has 2 rings (SSSR count). The Hall–Kier alpha value is -2.00. The Bertz CT molecular complexity index is 543. The zero-order chi connectivity index (χ0) is 14.7. The fourth-order valence-electron chi connectivity index (χ4n) is 1.88. The minimum absolute atomic E-state index is 0.0602. The fourth-order valence-corrected chi connectivity index (χ4v) is 2.57. The Kier molecular flexibility index (Phi) is 4.30. The summed E-state index contributed by atoms with van der Waals surface area (Å²) in [5, 5.41) is 11.9. The van der Waals surface area contributed by atoms with Gasteiger partial charge in [0.05, 0.1) is 30.8 Å². The number of morpholine rings is 1. The van der Waals surface area contributed by atoms with Crippen LogP contribution in [0.1, 0.15) is 10.4 Å². The molecule has 1 amide bonds. The molecule has 1 aliphatic rings. The Morgan fingerprint density at radius 2 is 2.35 bits per heavy atom. The van der Waals surface area contributed by atoms with Crippen LogP contribution >= 0.6 is 11.3 Å². The molecular weight excluding hydrogens is 288 g/mol. The number of rotatable bonds is 3. The van der Waals surface area contributed by atoms with Gasteiger partial charge in [-0.1, -0.05) is 11.3 Å². The molecule has 8 nitrogen and oxygen atoms in total. The molecule has 2 heterocycles. The van der Waals surface area contributed by atoms with Crippen LogP contribution in [0.15, 0.2) is 11.4 Å². The van der Waals surface area contributed by atoms with Crippen LogP contribution in [0.4, 0.5) is 5.00 Å². The van der Waals surface area contributed by atoms with E-state index in [1.807, 2.05) is 0 Å². The van der Waals surface area contributed by atoms with Crippen LogP contribution < -0.4 is 0 Å². The number of esters is 1. The molecule has 0 spiro atoms. The molecule has 0 saturated carbocycles. The maximum Gasteiger partial charge on any atom is 0.331 e. The van der Waals surface area contributed by atoms with Gasteiger partial charge >= 0.3 is 11.0 Å². The molecule has 1 atom stereocenters. The van der Waals surface area contributed by atoms with Crippen molar-refractivity contribution in [2.75, 3.05) is 26.9 Å². The third-order valence-corrected chi connectivity index (χ3v) is 3.76. The van der Waals surface area contributed by atoms with Gasteiger partial charge < -0.3 is 14.4 Å². The third kappa shape index (κ3) is 2.78. The monoisotopic (exact) mass is 300 g/mol. The van der Waals surface area contributed by atoms with Crippen molar-refractivity contribution in [1.29, 1.82) is 0 Å². The number of hydrogen-bond acceptors (Lipinski definition) is 7. The highest BCUT2D eigenvalue weighted by Gasteiger charge is 2.34. The summed E-state index contributed by atoms with van der Waals surface area (Å²) >= 11 is 0.871. The molecule has 1 aromatic rings. The Labute approximate surface area is 118 Å². The van der Waals surface area contributed by atoms with E-state index in [2.05, 4.69) is 4.74 Å². The zero-order valence-electron chi connectivity index (χ0n) is 10.6. The van der Waals surface area contributed by atoms with Crippen molar-refractivity contribution >= 4 is 28.2 Å². The van der Waals surface area contributed by atoms with Crippen molar-refractivity contribution in [2.45, 2.75) is 6.04 Å². The van der Waals surface area contributed by atoms with Crippen LogP contribution in [0.2, 0.25) is 0 Å². The maximum atomic E-state index is 12.3. The number of carbonyl (C=O) groups excluding carboxylic acids is 2. The number of hydrogen-bond donors (Lipinski definition) is 0. The number of amides is 1. The predicted molar refractivity (Wildman–Crippen MR) is 68.6 cm³/mol. The molecule has 20 heavy (non-hydrogen) atoms. The van der Waals surface area contributed by atoms with Crippen LogP contribution in [-0.2, 0) is 14.3 Å². The Morgan fingerprint density at radius 3 is 2.95 bits per heavy atom. The van der Waals surface area contributed by atoms with Crippen LogP contribution in [0.3, 0.4) is 0 Å². The van der Waals surface area contributed by atoms with E-state index in [9.17, 15) is 19.7 Å². The number of carbonyl (C=O) groups is 2. The largest absolute Gasteiger partial charge is 0.467 e. The van der Waals surface area contributed by atoms with E-state index >= 15 is 0 Å². The van der Waals surface area contributed by atoms with Crippen LogP contribution in [0.25, 0.3) is 0 Å². The highest BCUT2D eigenvalue weighted by molar-refractivity contribution is 7.13. The zero-order valence-corrected chi connectivity index (χ0v) is 11.4. The third-order valence-electron chi connectivity index (χ3n) is 2.88. The summed E-state index contributed by atoms with van der Waals surface area (Å²) < 4.78 is 9.80. The van der Waals surface area contributed by atoms with Crippen molar-refractivity contribution in [2.24, 2.45) is 0 Å². The van der Waals surface area contributed by atoms with Crippen molar-refractivity contribution in [3.63, 3.8) is 0 Å². The highest BCUT2D eigenvalue weighted by Crippen LogP contribution is 2.24. The molecule has 1 fully saturated rings. The smallest absolute Gasteiger partial charge is 0.331 e. The summed E-state index contributed by atoms with van der Waals surface area (Å²) in [6.07, 6.45) is 0. The van der Waals surface area contributed by atoms with Gasteiger partial charge in [-0.25, -0.2) is 4.79 Å². The lowest BCUT2D eigenvalue weighted by Gasteiger charge is -2.33. The second-order valence-corrected chi connectivity index (χ2v) is 4.93. The second-order valence-electron chi connectivity index (χ2n) is 4.04. The van der Waals surface area contributed by atoms with Gasteiger partial charge in [0.1, 0.15) is 0 Å². The molecule has 108 valence electrons. The summed E-state index contributed by atoms with van der Waals surface area (Å²) in [5.74, 6) is -1.00. The summed E-state index contributed by atoms with van der Waals surface area (Å²) in [4.78, 5) is 35.3. The molecule has 0 bridgehead atoms. The molecular formula is C11H12N2O6S. The van der Waals surface area contributed by atoms with Gasteiger partial charge in [0.15, 0.2) is 6.04 Å².